The fraction of sp³-hybridized carbons (Fsp3) is 0.609. The maximum absolute atomic E-state index is 5.98. The molecule has 1 aliphatic rings. The number of piperazine rings is 1. The van der Waals surface area contributed by atoms with E-state index in [9.17, 15) is 0 Å². The Morgan fingerprint density at radius 1 is 1.03 bits per heavy atom. The van der Waals surface area contributed by atoms with Gasteiger partial charge in [0.1, 0.15) is 17.9 Å². The van der Waals surface area contributed by atoms with Gasteiger partial charge in [-0.3, -0.25) is 0 Å². The Morgan fingerprint density at radius 2 is 1.79 bits per heavy atom. The molecular weight excluding hydrogens is 362 g/mol. The van der Waals surface area contributed by atoms with Crippen LogP contribution in [0.2, 0.25) is 0 Å². The second-order valence-corrected chi connectivity index (χ2v) is 7.75. The van der Waals surface area contributed by atoms with Gasteiger partial charge in [-0.2, -0.15) is 0 Å². The number of furan rings is 1. The molecule has 1 aromatic heterocycles. The van der Waals surface area contributed by atoms with Gasteiger partial charge in [0, 0.05) is 50.2 Å². The van der Waals surface area contributed by atoms with Crippen molar-refractivity contribution in [3.63, 3.8) is 0 Å². The first-order valence-electron chi connectivity index (χ1n) is 11.1. The number of unbranched alkanes of at least 4 members (excludes halogenated alkanes) is 1. The zero-order chi connectivity index (χ0) is 20.5. The van der Waals surface area contributed by atoms with Crippen LogP contribution in [0.5, 0.6) is 0 Å². The van der Waals surface area contributed by atoms with Crippen LogP contribution in [0, 0.1) is 6.92 Å². The van der Waals surface area contributed by atoms with Gasteiger partial charge in [0.05, 0.1) is 0 Å². The van der Waals surface area contributed by atoms with Gasteiger partial charge in [0.25, 0.3) is 0 Å². The van der Waals surface area contributed by atoms with E-state index < -0.39 is 0 Å². The molecule has 2 heterocycles. The second kappa shape index (κ2) is 11.2. The van der Waals surface area contributed by atoms with Gasteiger partial charge in [0.2, 0.25) is 0 Å². The van der Waals surface area contributed by atoms with Gasteiger partial charge in [-0.25, -0.2) is 4.99 Å². The van der Waals surface area contributed by atoms with E-state index in [1.54, 1.807) is 0 Å². The van der Waals surface area contributed by atoms with Crippen molar-refractivity contribution in [1.82, 2.24) is 20.4 Å². The number of aryl methyl sites for hydroxylation is 1. The molecule has 1 saturated heterocycles. The minimum absolute atomic E-state index is 0.553. The predicted molar refractivity (Wildman–Crippen MR) is 122 cm³/mol. The average Bonchev–Trinajstić information content (AvgIpc) is 3.08. The number of nitrogens with zero attached hydrogens (tertiary/aromatic N) is 3. The van der Waals surface area contributed by atoms with E-state index in [0.29, 0.717) is 6.54 Å². The molecule has 6 heteroatoms. The molecule has 0 aliphatic carbocycles. The topological polar surface area (TPSA) is 56.0 Å². The van der Waals surface area contributed by atoms with E-state index >= 15 is 0 Å². The number of nitrogens with one attached hydrogen (secondary N) is 2. The third kappa shape index (κ3) is 6.21. The lowest BCUT2D eigenvalue weighted by molar-refractivity contribution is 0.136. The van der Waals surface area contributed by atoms with Crippen molar-refractivity contribution in [2.75, 3.05) is 52.4 Å². The highest BCUT2D eigenvalue weighted by Gasteiger charge is 2.14. The number of benzene rings is 1. The van der Waals surface area contributed by atoms with Gasteiger partial charge in [-0.05, 0) is 45.8 Å². The fourth-order valence-corrected chi connectivity index (χ4v) is 3.86. The highest BCUT2D eigenvalue weighted by molar-refractivity contribution is 5.82. The van der Waals surface area contributed by atoms with E-state index in [0.717, 1.165) is 36.8 Å². The summed E-state index contributed by atoms with van der Waals surface area (Å²) in [5, 5.41) is 7.98. The third-order valence-electron chi connectivity index (χ3n) is 5.77. The van der Waals surface area contributed by atoms with Crippen LogP contribution >= 0.6 is 0 Å². The maximum atomic E-state index is 5.98. The summed E-state index contributed by atoms with van der Waals surface area (Å²) < 4.78 is 5.98. The minimum atomic E-state index is 0.553. The van der Waals surface area contributed by atoms with E-state index in [4.69, 9.17) is 9.41 Å². The van der Waals surface area contributed by atoms with Crippen LogP contribution in [-0.4, -0.2) is 68.1 Å². The number of aliphatic imine (C=N–C) groups is 1. The monoisotopic (exact) mass is 399 g/mol. The Kier molecular flexibility index (Phi) is 8.38. The molecule has 2 N–H and O–H groups in total. The molecule has 29 heavy (non-hydrogen) atoms. The highest BCUT2D eigenvalue weighted by atomic mass is 16.3. The highest BCUT2D eigenvalue weighted by Crippen LogP contribution is 2.25. The first-order valence-corrected chi connectivity index (χ1v) is 11.1. The Bertz CT molecular complexity index is 777. The molecule has 1 aliphatic heterocycles. The Morgan fingerprint density at radius 3 is 2.52 bits per heavy atom. The molecule has 0 unspecified atom stereocenters. The van der Waals surface area contributed by atoms with Gasteiger partial charge in [-0.15, -0.1) is 0 Å². The molecule has 0 atom stereocenters. The van der Waals surface area contributed by atoms with Crippen molar-refractivity contribution >= 4 is 16.9 Å². The molecule has 6 nitrogen and oxygen atoms in total. The van der Waals surface area contributed by atoms with E-state index in [-0.39, 0.29) is 0 Å². The molecule has 0 amide bonds. The quantitative estimate of drug-likeness (QED) is 0.385. The number of rotatable bonds is 9. The molecule has 0 bridgehead atoms. The van der Waals surface area contributed by atoms with Crippen molar-refractivity contribution < 1.29 is 4.42 Å². The minimum Gasteiger partial charge on any atom is -0.459 e. The second-order valence-electron chi connectivity index (χ2n) is 7.75. The molecule has 0 saturated carbocycles. The number of para-hydroxylation sites is 1. The van der Waals surface area contributed by atoms with Crippen LogP contribution in [-0.2, 0) is 6.54 Å². The van der Waals surface area contributed by atoms with Crippen LogP contribution in [0.25, 0.3) is 11.0 Å². The lowest BCUT2D eigenvalue weighted by atomic mass is 10.1. The average molecular weight is 400 g/mol. The van der Waals surface area contributed by atoms with Crippen molar-refractivity contribution in [2.24, 2.45) is 4.99 Å². The number of hydrogen-bond donors (Lipinski definition) is 2. The lowest BCUT2D eigenvalue weighted by Gasteiger charge is -2.34. The largest absolute Gasteiger partial charge is 0.459 e. The summed E-state index contributed by atoms with van der Waals surface area (Å²) in [5.41, 5.74) is 2.12. The number of hydrogen-bond acceptors (Lipinski definition) is 4. The van der Waals surface area contributed by atoms with Crippen LogP contribution < -0.4 is 10.6 Å². The molecule has 2 aromatic rings. The molecule has 1 fully saturated rings. The summed E-state index contributed by atoms with van der Waals surface area (Å²) in [6.07, 6.45) is 2.38. The lowest BCUT2D eigenvalue weighted by Crippen LogP contribution is -2.46. The van der Waals surface area contributed by atoms with Crippen molar-refractivity contribution in [3.8, 4) is 0 Å². The summed E-state index contributed by atoms with van der Waals surface area (Å²) in [5.74, 6) is 1.80. The van der Waals surface area contributed by atoms with Crippen molar-refractivity contribution in [3.05, 3.63) is 35.6 Å². The molecule has 3 rings (SSSR count). The molecular formula is C23H37N5O. The number of fused-ring (bicyclic) bond motifs is 1. The molecule has 1 aromatic carbocycles. The van der Waals surface area contributed by atoms with Crippen LogP contribution in [0.3, 0.4) is 0 Å². The first kappa shape index (κ1) is 21.7. The SMILES string of the molecule is CCNC(=NCc1oc2ccccc2c1C)NCCCCN1CCN(CC)CC1. The Hall–Kier alpha value is -2.05. The summed E-state index contributed by atoms with van der Waals surface area (Å²) in [4.78, 5) is 9.85. The summed E-state index contributed by atoms with van der Waals surface area (Å²) in [7, 11) is 0. The van der Waals surface area contributed by atoms with E-state index in [1.807, 2.05) is 18.2 Å². The zero-order valence-corrected chi connectivity index (χ0v) is 18.3. The zero-order valence-electron chi connectivity index (χ0n) is 18.3. The van der Waals surface area contributed by atoms with Crippen molar-refractivity contribution in [1.29, 1.82) is 0 Å². The van der Waals surface area contributed by atoms with Crippen LogP contribution in [0.15, 0.2) is 33.7 Å². The van der Waals surface area contributed by atoms with Crippen LogP contribution in [0.1, 0.15) is 38.0 Å². The molecule has 0 spiro atoms. The van der Waals surface area contributed by atoms with Gasteiger partial charge in [0.15, 0.2) is 5.96 Å². The standard InChI is InChI=1S/C23H37N5O/c1-4-24-23(25-12-8-9-13-28-16-14-27(5-2)15-17-28)26-18-22-19(3)20-10-6-7-11-21(20)29-22/h6-7,10-11H,4-5,8-9,12-18H2,1-3H3,(H2,24,25,26). The Labute approximate surface area is 175 Å². The summed E-state index contributed by atoms with van der Waals surface area (Å²) in [6.45, 7) is 16.0. The number of guanidine groups is 1. The molecule has 0 radical (unpaired) electrons. The maximum Gasteiger partial charge on any atom is 0.191 e. The summed E-state index contributed by atoms with van der Waals surface area (Å²) in [6, 6.07) is 8.18. The fourth-order valence-electron chi connectivity index (χ4n) is 3.86. The van der Waals surface area contributed by atoms with E-state index in [1.165, 1.54) is 56.6 Å². The smallest absolute Gasteiger partial charge is 0.191 e. The number of likely N-dealkylation sites (N-methyl/N-ethyl adjacent to an activating group) is 1. The Balaban J connectivity index is 1.42. The summed E-state index contributed by atoms with van der Waals surface area (Å²) >= 11 is 0. The van der Waals surface area contributed by atoms with Gasteiger partial charge < -0.3 is 24.9 Å². The predicted octanol–water partition coefficient (Wildman–Crippen LogP) is 3.21. The van der Waals surface area contributed by atoms with E-state index in [2.05, 4.69) is 47.3 Å². The first-order chi connectivity index (χ1) is 14.2. The third-order valence-corrected chi connectivity index (χ3v) is 5.77. The van der Waals surface area contributed by atoms with Gasteiger partial charge in [-0.1, -0.05) is 25.1 Å². The molecule has 160 valence electrons. The normalized spacial score (nSPS) is 16.4. The van der Waals surface area contributed by atoms with Crippen molar-refractivity contribution in [2.45, 2.75) is 40.2 Å². The van der Waals surface area contributed by atoms with Gasteiger partial charge >= 0.3 is 0 Å². The van der Waals surface area contributed by atoms with Crippen LogP contribution in [0.4, 0.5) is 0 Å².